The van der Waals surface area contributed by atoms with Crippen LogP contribution in [0.25, 0.3) is 11.1 Å². The third kappa shape index (κ3) is 5.86. The van der Waals surface area contributed by atoms with Crippen molar-refractivity contribution < 1.29 is 0 Å². The van der Waals surface area contributed by atoms with E-state index in [1.807, 2.05) is 18.2 Å². The van der Waals surface area contributed by atoms with E-state index in [1.54, 1.807) is 18.0 Å². The van der Waals surface area contributed by atoms with Gasteiger partial charge in [0.25, 0.3) is 5.56 Å². The van der Waals surface area contributed by atoms with Gasteiger partial charge in [-0.2, -0.15) is 0 Å². The molecule has 2 nitrogen and oxygen atoms in total. The van der Waals surface area contributed by atoms with Gasteiger partial charge in [-0.1, -0.05) is 62.4 Å². The summed E-state index contributed by atoms with van der Waals surface area (Å²) in [4.78, 5) is 16.0. The lowest BCUT2D eigenvalue weighted by Crippen LogP contribution is -2.13. The number of benzene rings is 1. The largest absolute Gasteiger partial charge is 0.329 e. The normalized spacial score (nSPS) is 12.0. The van der Waals surface area contributed by atoms with Crippen LogP contribution < -0.4 is 5.56 Å². The van der Waals surface area contributed by atoms with Crippen molar-refractivity contribution in [2.75, 3.05) is 0 Å². The van der Waals surface area contributed by atoms with Crippen molar-refractivity contribution in [2.45, 2.75) is 45.8 Å². The van der Waals surface area contributed by atoms with Crippen molar-refractivity contribution in [3.8, 4) is 11.1 Å². The molecule has 0 aliphatic carbocycles. The Balaban J connectivity index is 2.82. The molecule has 1 aromatic heterocycles. The molecule has 142 valence electrons. The average Bonchev–Trinajstić information content (AvgIpc) is 2.68. The zero-order chi connectivity index (χ0) is 19.6. The summed E-state index contributed by atoms with van der Waals surface area (Å²) in [6.07, 6.45) is 5.79. The van der Waals surface area contributed by atoms with Crippen LogP contribution in [0.1, 0.15) is 49.1 Å². The van der Waals surface area contributed by atoms with Crippen LogP contribution in [-0.4, -0.2) is 4.98 Å². The van der Waals surface area contributed by atoms with E-state index >= 15 is 0 Å². The molecule has 0 saturated heterocycles. The van der Waals surface area contributed by atoms with Crippen LogP contribution in [0.15, 0.2) is 71.0 Å². The van der Waals surface area contributed by atoms with Crippen LogP contribution >= 0.6 is 11.8 Å². The Labute approximate surface area is 167 Å². The number of H-pyrrole nitrogens is 1. The number of aromatic amines is 1. The smallest absolute Gasteiger partial charge is 0.252 e. The first-order valence-corrected chi connectivity index (χ1v) is 10.5. The second-order valence-electron chi connectivity index (χ2n) is 6.47. The first-order valence-electron chi connectivity index (χ1n) is 9.53. The summed E-state index contributed by atoms with van der Waals surface area (Å²) < 4.78 is 0. The van der Waals surface area contributed by atoms with Gasteiger partial charge in [-0.05, 0) is 60.4 Å². The maximum absolute atomic E-state index is 13.1. The molecule has 0 aliphatic rings. The summed E-state index contributed by atoms with van der Waals surface area (Å²) in [7, 11) is 0. The van der Waals surface area contributed by atoms with Gasteiger partial charge in [0.15, 0.2) is 0 Å². The molecule has 1 N–H and O–H groups in total. The molecule has 1 aromatic carbocycles. The summed E-state index contributed by atoms with van der Waals surface area (Å²) in [6, 6.07) is 16.4. The second-order valence-corrected chi connectivity index (χ2v) is 7.72. The first-order chi connectivity index (χ1) is 13.1. The highest BCUT2D eigenvalue weighted by atomic mass is 32.2. The molecule has 0 fully saturated rings. The van der Waals surface area contributed by atoms with Gasteiger partial charge in [-0.3, -0.25) is 4.79 Å². The van der Waals surface area contributed by atoms with Crippen molar-refractivity contribution >= 4 is 11.8 Å². The van der Waals surface area contributed by atoms with Gasteiger partial charge in [0.1, 0.15) is 0 Å². The number of thioether (sulfide) groups is 1. The SMILES string of the molecule is CC/C=C\SC(C)c1c(-c2cccc(CC)c2)c(C)ccccc[nH]c1=O. The lowest BCUT2D eigenvalue weighted by atomic mass is 9.94. The lowest BCUT2D eigenvalue weighted by molar-refractivity contribution is 1.05. The predicted octanol–water partition coefficient (Wildman–Crippen LogP) is 6.76. The maximum atomic E-state index is 13.1. The zero-order valence-corrected chi connectivity index (χ0v) is 17.5. The molecule has 0 bridgehead atoms. The Morgan fingerprint density at radius 1 is 1.11 bits per heavy atom. The highest BCUT2D eigenvalue weighted by molar-refractivity contribution is 8.02. The van der Waals surface area contributed by atoms with E-state index in [2.05, 4.69) is 74.5 Å². The summed E-state index contributed by atoms with van der Waals surface area (Å²) in [5.74, 6) is 0. The highest BCUT2D eigenvalue weighted by Crippen LogP contribution is 2.35. The Morgan fingerprint density at radius 3 is 2.67 bits per heavy atom. The van der Waals surface area contributed by atoms with E-state index in [-0.39, 0.29) is 10.8 Å². The molecular formula is C24H29NOS. The average molecular weight is 380 g/mol. The van der Waals surface area contributed by atoms with Crippen molar-refractivity contribution in [1.82, 2.24) is 4.98 Å². The molecule has 0 aliphatic heterocycles. The standard InChI is InChI=1S/C24H29NOS/c1-5-7-16-27-19(4)23-22(21-14-11-13-20(6-2)17-21)18(3)12-9-8-10-15-25-24(23)26/h7-17,19H,5-6H2,1-4H3,(H,25,26)/b16-7-. The number of rotatable bonds is 6. The Hall–Kier alpha value is -2.26. The molecule has 0 spiro atoms. The summed E-state index contributed by atoms with van der Waals surface area (Å²) in [5.41, 5.74) is 5.24. The van der Waals surface area contributed by atoms with Crippen LogP contribution in [0.3, 0.4) is 0 Å². The number of aryl methyl sites for hydroxylation is 2. The molecule has 27 heavy (non-hydrogen) atoms. The van der Waals surface area contributed by atoms with Crippen LogP contribution in [0.5, 0.6) is 0 Å². The number of nitrogens with one attached hydrogen (secondary N) is 1. The molecule has 0 radical (unpaired) electrons. The van der Waals surface area contributed by atoms with Crippen molar-refractivity contribution in [1.29, 1.82) is 0 Å². The number of hydrogen-bond acceptors (Lipinski definition) is 2. The van der Waals surface area contributed by atoms with Gasteiger partial charge >= 0.3 is 0 Å². The number of hydrogen-bond donors (Lipinski definition) is 1. The Morgan fingerprint density at radius 2 is 1.93 bits per heavy atom. The van der Waals surface area contributed by atoms with Crippen molar-refractivity contribution in [2.24, 2.45) is 0 Å². The van der Waals surface area contributed by atoms with Crippen LogP contribution in [0, 0.1) is 6.92 Å². The Kier molecular flexibility index (Phi) is 8.41. The molecule has 3 heteroatoms. The van der Waals surface area contributed by atoms with Gasteiger partial charge < -0.3 is 4.98 Å². The number of allylic oxidation sites excluding steroid dienone is 1. The van der Waals surface area contributed by atoms with Crippen LogP contribution in [0.4, 0.5) is 0 Å². The fourth-order valence-electron chi connectivity index (χ4n) is 2.99. The molecule has 1 unspecified atom stereocenters. The van der Waals surface area contributed by atoms with E-state index in [9.17, 15) is 4.79 Å². The van der Waals surface area contributed by atoms with Gasteiger partial charge in [-0.25, -0.2) is 0 Å². The molecular weight excluding hydrogens is 350 g/mol. The minimum absolute atomic E-state index is 0.0354. The number of aromatic nitrogens is 1. The van der Waals surface area contributed by atoms with Gasteiger partial charge in [0, 0.05) is 17.0 Å². The van der Waals surface area contributed by atoms with E-state index in [0.717, 1.165) is 35.1 Å². The molecule has 2 aromatic rings. The molecule has 1 heterocycles. The van der Waals surface area contributed by atoms with E-state index < -0.39 is 0 Å². The topological polar surface area (TPSA) is 32.9 Å². The maximum Gasteiger partial charge on any atom is 0.252 e. The minimum Gasteiger partial charge on any atom is -0.329 e. The van der Waals surface area contributed by atoms with Crippen LogP contribution in [-0.2, 0) is 6.42 Å². The molecule has 1 atom stereocenters. The monoisotopic (exact) mass is 379 g/mol. The zero-order valence-electron chi connectivity index (χ0n) is 16.7. The van der Waals surface area contributed by atoms with Crippen molar-refractivity contribution in [3.05, 3.63) is 93.3 Å². The van der Waals surface area contributed by atoms with Gasteiger partial charge in [-0.15, -0.1) is 11.8 Å². The lowest BCUT2D eigenvalue weighted by Gasteiger charge is -2.15. The highest BCUT2D eigenvalue weighted by Gasteiger charge is 2.16. The summed E-state index contributed by atoms with van der Waals surface area (Å²) >= 11 is 1.68. The van der Waals surface area contributed by atoms with E-state index in [1.165, 1.54) is 5.56 Å². The van der Waals surface area contributed by atoms with E-state index in [4.69, 9.17) is 0 Å². The predicted molar refractivity (Wildman–Crippen MR) is 120 cm³/mol. The van der Waals surface area contributed by atoms with E-state index in [0.29, 0.717) is 0 Å². The third-order valence-corrected chi connectivity index (χ3v) is 5.43. The fraction of sp³-hybridized carbons (Fsp3) is 0.292. The molecule has 2 rings (SSSR count). The summed E-state index contributed by atoms with van der Waals surface area (Å²) in [6.45, 7) is 8.44. The van der Waals surface area contributed by atoms with Gasteiger partial charge in [0.05, 0.1) is 0 Å². The van der Waals surface area contributed by atoms with Crippen LogP contribution in [0.2, 0.25) is 0 Å². The fourth-order valence-corrected chi connectivity index (χ4v) is 3.89. The van der Waals surface area contributed by atoms with Crippen molar-refractivity contribution in [3.63, 3.8) is 0 Å². The Bertz CT molecular complexity index is 897. The molecule has 0 saturated carbocycles. The first kappa shape index (κ1) is 21.0. The summed E-state index contributed by atoms with van der Waals surface area (Å²) in [5, 5.41) is 2.13. The minimum atomic E-state index is -0.0453. The molecule has 0 amide bonds. The third-order valence-electron chi connectivity index (χ3n) is 4.43. The second kappa shape index (κ2) is 10.8. The van der Waals surface area contributed by atoms with Gasteiger partial charge in [0.2, 0.25) is 0 Å². The quantitative estimate of drug-likeness (QED) is 0.602.